The summed E-state index contributed by atoms with van der Waals surface area (Å²) in [4.78, 5) is 1.94. The van der Waals surface area contributed by atoms with Crippen molar-refractivity contribution >= 4 is 17.7 Å². The van der Waals surface area contributed by atoms with Crippen LogP contribution in [0.1, 0.15) is 30.3 Å². The Balaban J connectivity index is 2.20. The van der Waals surface area contributed by atoms with Crippen LogP contribution in [0.15, 0.2) is 42.9 Å². The van der Waals surface area contributed by atoms with Gasteiger partial charge >= 0.3 is 0 Å². The Labute approximate surface area is 189 Å². The van der Waals surface area contributed by atoms with Crippen molar-refractivity contribution in [1.29, 1.82) is 0 Å². The molecule has 1 aromatic rings. The second kappa shape index (κ2) is 13.0. The van der Waals surface area contributed by atoms with Crippen LogP contribution in [0.5, 0.6) is 0 Å². The van der Waals surface area contributed by atoms with E-state index in [1.165, 1.54) is 0 Å². The lowest BCUT2D eigenvalue weighted by atomic mass is 10.0. The lowest BCUT2D eigenvalue weighted by Crippen LogP contribution is -2.36. The van der Waals surface area contributed by atoms with Gasteiger partial charge in [-0.15, -0.1) is 0 Å². The number of allylic oxidation sites excluding steroid dienone is 2. The van der Waals surface area contributed by atoms with E-state index < -0.39 is 12.5 Å². The van der Waals surface area contributed by atoms with Gasteiger partial charge in [0.25, 0.3) is 0 Å². The van der Waals surface area contributed by atoms with Gasteiger partial charge in [0.1, 0.15) is 11.9 Å². The van der Waals surface area contributed by atoms with Crippen molar-refractivity contribution < 1.29 is 15.3 Å². The third-order valence-corrected chi connectivity index (χ3v) is 5.16. The SMILES string of the molecule is C=Cc1[nH]nc(C2=C/N(C)/C=C\NC/C=C\2)c1/C=C(\C)C(O)NCCC(CNC)C(O)O. The average Bonchev–Trinajstić information content (AvgIpc) is 3.19. The Hall–Kier alpha value is -2.69. The highest BCUT2D eigenvalue weighted by Gasteiger charge is 2.18. The summed E-state index contributed by atoms with van der Waals surface area (Å²) in [5.41, 5.74) is 3.96. The molecule has 2 heterocycles. The lowest BCUT2D eigenvalue weighted by Gasteiger charge is -2.20. The molecule has 0 aliphatic carbocycles. The molecule has 32 heavy (non-hydrogen) atoms. The minimum Gasteiger partial charge on any atom is -0.386 e. The molecule has 0 spiro atoms. The molecule has 2 atom stereocenters. The molecule has 176 valence electrons. The smallest absolute Gasteiger partial charge is 0.155 e. The summed E-state index contributed by atoms with van der Waals surface area (Å²) in [5, 5.41) is 46.1. The van der Waals surface area contributed by atoms with E-state index in [-0.39, 0.29) is 5.92 Å². The average molecular weight is 445 g/mol. The second-order valence-electron chi connectivity index (χ2n) is 7.75. The Kier molecular flexibility index (Phi) is 10.4. The second-order valence-corrected chi connectivity index (χ2v) is 7.75. The number of H-pyrrole nitrogens is 1. The van der Waals surface area contributed by atoms with Gasteiger partial charge in [0.15, 0.2) is 6.29 Å². The van der Waals surface area contributed by atoms with Crippen molar-refractivity contribution in [3.63, 3.8) is 0 Å². The molecule has 1 aliphatic heterocycles. The summed E-state index contributed by atoms with van der Waals surface area (Å²) < 4.78 is 0. The molecule has 0 saturated heterocycles. The predicted molar refractivity (Wildman–Crippen MR) is 129 cm³/mol. The van der Waals surface area contributed by atoms with Crippen LogP contribution >= 0.6 is 0 Å². The Morgan fingerprint density at radius 3 is 2.84 bits per heavy atom. The first-order valence-electron chi connectivity index (χ1n) is 10.7. The van der Waals surface area contributed by atoms with Crippen LogP contribution in [0.4, 0.5) is 0 Å². The molecule has 0 radical (unpaired) electrons. The first-order valence-corrected chi connectivity index (χ1v) is 10.7. The molecule has 0 amide bonds. The van der Waals surface area contributed by atoms with Crippen LogP contribution in [-0.4, -0.2) is 76.7 Å². The number of rotatable bonds is 11. The van der Waals surface area contributed by atoms with E-state index in [4.69, 9.17) is 0 Å². The van der Waals surface area contributed by atoms with Gasteiger partial charge in [0, 0.05) is 55.8 Å². The number of nitrogens with zero attached hydrogens (tertiary/aromatic N) is 2. The zero-order valence-electron chi connectivity index (χ0n) is 19.0. The first-order chi connectivity index (χ1) is 15.4. The minimum absolute atomic E-state index is 0.320. The van der Waals surface area contributed by atoms with Crippen LogP contribution in [0.3, 0.4) is 0 Å². The molecular weight excluding hydrogens is 408 g/mol. The van der Waals surface area contributed by atoms with Gasteiger partial charge in [-0.2, -0.15) is 5.10 Å². The molecule has 1 aliphatic rings. The number of aliphatic hydroxyl groups is 3. The quantitative estimate of drug-likeness (QED) is 0.250. The van der Waals surface area contributed by atoms with E-state index in [0.29, 0.717) is 31.6 Å². The maximum Gasteiger partial charge on any atom is 0.155 e. The number of aliphatic hydroxyl groups excluding tert-OH is 2. The van der Waals surface area contributed by atoms with Crippen molar-refractivity contribution in [3.8, 4) is 0 Å². The monoisotopic (exact) mass is 444 g/mol. The highest BCUT2D eigenvalue weighted by Crippen LogP contribution is 2.25. The fourth-order valence-corrected chi connectivity index (χ4v) is 3.32. The first kappa shape index (κ1) is 25.6. The molecule has 0 saturated carbocycles. The number of nitrogens with one attached hydrogen (secondary N) is 4. The van der Waals surface area contributed by atoms with Gasteiger partial charge in [-0.1, -0.05) is 18.7 Å². The molecular formula is C23H36N6O3. The lowest BCUT2D eigenvalue weighted by molar-refractivity contribution is -0.0847. The van der Waals surface area contributed by atoms with Crippen molar-refractivity contribution in [2.24, 2.45) is 5.92 Å². The van der Waals surface area contributed by atoms with E-state index >= 15 is 0 Å². The molecule has 2 rings (SSSR count). The Morgan fingerprint density at radius 1 is 1.38 bits per heavy atom. The zero-order chi connectivity index (χ0) is 23.5. The molecule has 7 N–H and O–H groups in total. The van der Waals surface area contributed by atoms with E-state index in [1.807, 2.05) is 55.7 Å². The van der Waals surface area contributed by atoms with Gasteiger partial charge in [-0.25, -0.2) is 0 Å². The number of hydrogen-bond acceptors (Lipinski definition) is 8. The number of hydrogen-bond donors (Lipinski definition) is 7. The summed E-state index contributed by atoms with van der Waals surface area (Å²) in [6.07, 6.45) is 11.6. The van der Waals surface area contributed by atoms with Crippen LogP contribution in [0, 0.1) is 5.92 Å². The van der Waals surface area contributed by atoms with Gasteiger partial charge in [-0.05, 0) is 44.7 Å². The Morgan fingerprint density at radius 2 is 2.16 bits per heavy atom. The van der Waals surface area contributed by atoms with Crippen molar-refractivity contribution in [2.75, 3.05) is 33.7 Å². The third kappa shape index (κ3) is 7.47. The maximum atomic E-state index is 10.6. The predicted octanol–water partition coefficient (Wildman–Crippen LogP) is 0.804. The van der Waals surface area contributed by atoms with E-state index in [9.17, 15) is 15.3 Å². The maximum absolute atomic E-state index is 10.6. The van der Waals surface area contributed by atoms with Gasteiger partial charge < -0.3 is 30.9 Å². The number of aromatic nitrogens is 2. The summed E-state index contributed by atoms with van der Waals surface area (Å²) in [5.74, 6) is -0.320. The minimum atomic E-state index is -1.40. The van der Waals surface area contributed by atoms with Crippen molar-refractivity contribution in [3.05, 3.63) is 59.9 Å². The fraction of sp³-hybridized carbons (Fsp3) is 0.435. The van der Waals surface area contributed by atoms with Crippen LogP contribution in [0.2, 0.25) is 0 Å². The van der Waals surface area contributed by atoms with Crippen molar-refractivity contribution in [1.82, 2.24) is 31.0 Å². The largest absolute Gasteiger partial charge is 0.386 e. The summed E-state index contributed by atoms with van der Waals surface area (Å²) >= 11 is 0. The van der Waals surface area contributed by atoms with Crippen molar-refractivity contribution in [2.45, 2.75) is 25.9 Å². The topological polar surface area (TPSA) is 129 Å². The Bertz CT molecular complexity index is 856. The van der Waals surface area contributed by atoms with Gasteiger partial charge in [0.2, 0.25) is 0 Å². The fourth-order valence-electron chi connectivity index (χ4n) is 3.32. The molecule has 0 fully saturated rings. The highest BCUT2D eigenvalue weighted by molar-refractivity contribution is 5.81. The normalized spacial score (nSPS) is 20.4. The molecule has 0 aromatic carbocycles. The standard InChI is InChI=1S/C23H36N6O3/c1-5-20-19(13-16(2)22(30)26-10-8-17(14-24-3)23(31)32)21(28-27-20)18-7-6-9-25-11-12-29(4)15-18/h5-7,11-13,15,17,22-26,30-32H,1,8-10,14H2,2-4H3,(H,27,28)/b7-6-,12-11-,16-13+,18-15+. The van der Waals surface area contributed by atoms with Crippen LogP contribution < -0.4 is 16.0 Å². The zero-order valence-corrected chi connectivity index (χ0v) is 19.0. The van der Waals surface area contributed by atoms with Crippen LogP contribution in [-0.2, 0) is 0 Å². The van der Waals surface area contributed by atoms with Gasteiger partial charge in [-0.3, -0.25) is 10.4 Å². The summed E-state index contributed by atoms with van der Waals surface area (Å²) in [6.45, 7) is 7.31. The molecule has 2 unspecified atom stereocenters. The molecule has 9 heteroatoms. The van der Waals surface area contributed by atoms with Crippen LogP contribution in [0.25, 0.3) is 17.7 Å². The summed E-state index contributed by atoms with van der Waals surface area (Å²) in [6, 6.07) is 0. The van der Waals surface area contributed by atoms with Gasteiger partial charge in [0.05, 0.1) is 5.69 Å². The highest BCUT2D eigenvalue weighted by atomic mass is 16.5. The summed E-state index contributed by atoms with van der Waals surface area (Å²) in [7, 11) is 3.70. The molecule has 9 nitrogen and oxygen atoms in total. The third-order valence-electron chi connectivity index (χ3n) is 5.16. The molecule has 1 aromatic heterocycles. The van der Waals surface area contributed by atoms with E-state index in [1.54, 1.807) is 13.1 Å². The molecule has 0 bridgehead atoms. The number of aromatic amines is 1. The van der Waals surface area contributed by atoms with E-state index in [2.05, 4.69) is 32.7 Å². The van der Waals surface area contributed by atoms with E-state index in [0.717, 1.165) is 22.5 Å².